The number of hydrogen-bond acceptors (Lipinski definition) is 4. The molecule has 0 amide bonds. The fourth-order valence-electron chi connectivity index (χ4n) is 2.83. The maximum absolute atomic E-state index is 11.7. The molecule has 0 unspecified atom stereocenters. The lowest BCUT2D eigenvalue weighted by Gasteiger charge is -2.10. The predicted molar refractivity (Wildman–Crippen MR) is 102 cm³/mol. The highest BCUT2D eigenvalue weighted by atomic mass is 35.5. The SMILES string of the molecule is CCc1c(C(=O)O)nn(-c2ccc(S(N)(=O)=O)cc2)c1-c1ccc(Cl)cc1. The van der Waals surface area contributed by atoms with Crippen LogP contribution in [0.5, 0.6) is 0 Å². The van der Waals surface area contributed by atoms with Crippen LogP contribution < -0.4 is 5.14 Å². The van der Waals surface area contributed by atoms with Gasteiger partial charge in [0.2, 0.25) is 10.0 Å². The smallest absolute Gasteiger partial charge is 0.356 e. The summed E-state index contributed by atoms with van der Waals surface area (Å²) in [5.41, 5.74) is 2.37. The van der Waals surface area contributed by atoms with E-state index in [9.17, 15) is 18.3 Å². The molecule has 0 spiro atoms. The van der Waals surface area contributed by atoms with Gasteiger partial charge in [0.05, 0.1) is 16.3 Å². The fraction of sp³-hybridized carbons (Fsp3) is 0.111. The van der Waals surface area contributed by atoms with Gasteiger partial charge in [0.25, 0.3) is 0 Å². The van der Waals surface area contributed by atoms with E-state index in [4.69, 9.17) is 16.7 Å². The molecule has 0 aliphatic rings. The zero-order chi connectivity index (χ0) is 19.8. The molecular formula is C18H16ClN3O4S. The summed E-state index contributed by atoms with van der Waals surface area (Å²) < 4.78 is 24.4. The number of hydrogen-bond donors (Lipinski definition) is 2. The number of nitrogens with two attached hydrogens (primary N) is 1. The van der Waals surface area contributed by atoms with E-state index in [0.717, 1.165) is 5.56 Å². The van der Waals surface area contributed by atoms with Gasteiger partial charge in [-0.15, -0.1) is 0 Å². The summed E-state index contributed by atoms with van der Waals surface area (Å²) >= 11 is 5.96. The first-order chi connectivity index (χ1) is 12.7. The van der Waals surface area contributed by atoms with Crippen molar-refractivity contribution in [3.05, 3.63) is 64.8 Å². The van der Waals surface area contributed by atoms with Gasteiger partial charge in [0, 0.05) is 16.1 Å². The maximum atomic E-state index is 11.7. The van der Waals surface area contributed by atoms with Crippen LogP contribution in [0, 0.1) is 0 Å². The fourth-order valence-corrected chi connectivity index (χ4v) is 3.47. The third-order valence-corrected chi connectivity index (χ3v) is 5.25. The second-order valence-corrected chi connectivity index (χ2v) is 7.79. The number of aromatic carboxylic acids is 1. The molecule has 0 saturated heterocycles. The number of carbonyl (C=O) groups is 1. The molecule has 0 bridgehead atoms. The minimum atomic E-state index is -3.83. The number of benzene rings is 2. The average Bonchev–Trinajstić information content (AvgIpc) is 3.01. The molecule has 3 aromatic rings. The van der Waals surface area contributed by atoms with Crippen LogP contribution >= 0.6 is 11.6 Å². The average molecular weight is 406 g/mol. The molecule has 0 aliphatic carbocycles. The Labute approximate surface area is 161 Å². The predicted octanol–water partition coefficient (Wildman–Crippen LogP) is 3.10. The molecule has 2 aromatic carbocycles. The van der Waals surface area contributed by atoms with Gasteiger partial charge < -0.3 is 5.11 Å². The molecule has 27 heavy (non-hydrogen) atoms. The van der Waals surface area contributed by atoms with Crippen molar-refractivity contribution < 1.29 is 18.3 Å². The van der Waals surface area contributed by atoms with Crippen LogP contribution in [0.25, 0.3) is 16.9 Å². The minimum Gasteiger partial charge on any atom is -0.476 e. The highest BCUT2D eigenvalue weighted by molar-refractivity contribution is 7.89. The third kappa shape index (κ3) is 3.73. The Morgan fingerprint density at radius 1 is 1.15 bits per heavy atom. The lowest BCUT2D eigenvalue weighted by Crippen LogP contribution is -2.12. The third-order valence-electron chi connectivity index (χ3n) is 4.07. The molecule has 140 valence electrons. The summed E-state index contributed by atoms with van der Waals surface area (Å²) in [7, 11) is -3.83. The van der Waals surface area contributed by atoms with Crippen molar-refractivity contribution in [2.45, 2.75) is 18.2 Å². The van der Waals surface area contributed by atoms with Crippen molar-refractivity contribution in [1.82, 2.24) is 9.78 Å². The van der Waals surface area contributed by atoms with Crippen LogP contribution in [0.4, 0.5) is 0 Å². The largest absolute Gasteiger partial charge is 0.476 e. The number of halogens is 1. The number of sulfonamides is 1. The van der Waals surface area contributed by atoms with Gasteiger partial charge in [-0.25, -0.2) is 23.0 Å². The normalized spacial score (nSPS) is 11.5. The monoisotopic (exact) mass is 405 g/mol. The molecule has 3 rings (SSSR count). The van der Waals surface area contributed by atoms with Crippen LogP contribution in [0.1, 0.15) is 23.0 Å². The molecule has 0 aliphatic heterocycles. The van der Waals surface area contributed by atoms with Crippen molar-refractivity contribution in [2.24, 2.45) is 5.14 Å². The van der Waals surface area contributed by atoms with Crippen LogP contribution in [0.2, 0.25) is 5.02 Å². The summed E-state index contributed by atoms with van der Waals surface area (Å²) in [4.78, 5) is 11.6. The molecular weight excluding hydrogens is 390 g/mol. The van der Waals surface area contributed by atoms with Gasteiger partial charge in [-0.05, 0) is 42.8 Å². The number of aromatic nitrogens is 2. The van der Waals surface area contributed by atoms with Crippen molar-refractivity contribution >= 4 is 27.6 Å². The van der Waals surface area contributed by atoms with Crippen LogP contribution in [0.15, 0.2) is 53.4 Å². The second kappa shape index (κ2) is 7.15. The molecule has 1 heterocycles. The Balaban J connectivity index is 2.25. The van der Waals surface area contributed by atoms with Crippen molar-refractivity contribution in [2.75, 3.05) is 0 Å². The molecule has 0 atom stereocenters. The Hall–Kier alpha value is -2.68. The standard InChI is InChI=1S/C18H16ClN3O4S/c1-2-15-16(18(23)24)21-22(17(15)11-3-5-12(19)6-4-11)13-7-9-14(10-8-13)27(20,25)26/h3-10H,2H2,1H3,(H,23,24)(H2,20,25,26). The lowest BCUT2D eigenvalue weighted by molar-refractivity contribution is 0.0689. The highest BCUT2D eigenvalue weighted by Gasteiger charge is 2.23. The molecule has 1 aromatic heterocycles. The number of rotatable bonds is 5. The molecule has 9 heteroatoms. The Kier molecular flexibility index (Phi) is 5.05. The molecule has 0 radical (unpaired) electrons. The summed E-state index contributed by atoms with van der Waals surface area (Å²) in [6, 6.07) is 12.7. The first kappa shape index (κ1) is 19.1. The van der Waals surface area contributed by atoms with E-state index in [0.29, 0.717) is 28.4 Å². The van der Waals surface area contributed by atoms with Crippen molar-refractivity contribution in [1.29, 1.82) is 0 Å². The van der Waals surface area contributed by atoms with Gasteiger partial charge >= 0.3 is 5.97 Å². The van der Waals surface area contributed by atoms with Crippen molar-refractivity contribution in [3.63, 3.8) is 0 Å². The number of primary sulfonamides is 1. The Morgan fingerprint density at radius 2 is 1.74 bits per heavy atom. The van der Waals surface area contributed by atoms with Gasteiger partial charge in [-0.3, -0.25) is 0 Å². The topological polar surface area (TPSA) is 115 Å². The van der Waals surface area contributed by atoms with Crippen molar-refractivity contribution in [3.8, 4) is 16.9 Å². The zero-order valence-corrected chi connectivity index (χ0v) is 15.8. The second-order valence-electron chi connectivity index (χ2n) is 5.79. The minimum absolute atomic E-state index is 0.0411. The number of carboxylic acids is 1. The molecule has 0 saturated carbocycles. The van der Waals surface area contributed by atoms with Gasteiger partial charge in [-0.2, -0.15) is 5.10 Å². The molecule has 3 N–H and O–H groups in total. The van der Waals surface area contributed by atoms with Gasteiger partial charge in [0.1, 0.15) is 0 Å². The summed E-state index contributed by atoms with van der Waals surface area (Å²) in [6.45, 7) is 1.84. The van der Waals surface area contributed by atoms with E-state index < -0.39 is 16.0 Å². The summed E-state index contributed by atoms with van der Waals surface area (Å²) in [6.07, 6.45) is 0.453. The van der Waals surface area contributed by atoms with Gasteiger partial charge in [0.15, 0.2) is 5.69 Å². The molecule has 0 fully saturated rings. The number of nitrogens with zero attached hydrogens (tertiary/aromatic N) is 2. The van der Waals surface area contributed by atoms with E-state index in [1.807, 2.05) is 6.92 Å². The maximum Gasteiger partial charge on any atom is 0.356 e. The van der Waals surface area contributed by atoms with E-state index in [2.05, 4.69) is 5.10 Å². The van der Waals surface area contributed by atoms with E-state index in [1.165, 1.54) is 28.9 Å². The first-order valence-corrected chi connectivity index (χ1v) is 9.89. The van der Waals surface area contributed by atoms with Crippen LogP contribution in [-0.4, -0.2) is 29.3 Å². The Bertz CT molecular complexity index is 1100. The highest BCUT2D eigenvalue weighted by Crippen LogP contribution is 2.31. The van der Waals surface area contributed by atoms with E-state index in [1.54, 1.807) is 24.3 Å². The van der Waals surface area contributed by atoms with Crippen LogP contribution in [0.3, 0.4) is 0 Å². The van der Waals surface area contributed by atoms with Gasteiger partial charge in [-0.1, -0.05) is 30.7 Å². The summed E-state index contributed by atoms with van der Waals surface area (Å²) in [5.74, 6) is -1.14. The quantitative estimate of drug-likeness (QED) is 0.676. The number of carboxylic acid groups (broad SMARTS) is 1. The van der Waals surface area contributed by atoms with Crippen LogP contribution in [-0.2, 0) is 16.4 Å². The lowest BCUT2D eigenvalue weighted by atomic mass is 10.0. The molecule has 7 nitrogen and oxygen atoms in total. The van der Waals surface area contributed by atoms with E-state index in [-0.39, 0.29) is 10.6 Å². The Morgan fingerprint density at radius 3 is 2.22 bits per heavy atom. The first-order valence-electron chi connectivity index (χ1n) is 7.96. The van der Waals surface area contributed by atoms with E-state index >= 15 is 0 Å². The summed E-state index contributed by atoms with van der Waals surface area (Å²) in [5, 5.41) is 19.5. The zero-order valence-electron chi connectivity index (χ0n) is 14.3.